The number of nitrogens with one attached hydrogen (secondary N) is 2. The summed E-state index contributed by atoms with van der Waals surface area (Å²) in [6, 6.07) is 8.01. The van der Waals surface area contributed by atoms with Crippen molar-refractivity contribution in [2.24, 2.45) is 5.73 Å². The van der Waals surface area contributed by atoms with Gasteiger partial charge in [-0.15, -0.1) is 0 Å². The Bertz CT molecular complexity index is 1490. The summed E-state index contributed by atoms with van der Waals surface area (Å²) in [5.74, 6) is 0.826. The SMILES string of the molecule is CC(=O)N1CCC(n2cc(Nc3nc(N4CCCC(NC(=O)c5ccc(C6CC6)cc5)C4C)cnc3C(N)=O)cn2)CC1. The largest absolute Gasteiger partial charge is 0.364 e. The first-order chi connectivity index (χ1) is 20.8. The number of rotatable bonds is 8. The van der Waals surface area contributed by atoms with Gasteiger partial charge in [0.25, 0.3) is 11.8 Å². The number of likely N-dealkylation sites (tertiary alicyclic amines) is 1. The molecule has 1 saturated carbocycles. The number of anilines is 3. The van der Waals surface area contributed by atoms with E-state index in [0.29, 0.717) is 36.1 Å². The zero-order valence-electron chi connectivity index (χ0n) is 24.7. The van der Waals surface area contributed by atoms with Crippen molar-refractivity contribution in [3.05, 3.63) is 59.7 Å². The van der Waals surface area contributed by atoms with Gasteiger partial charge in [-0.3, -0.25) is 19.1 Å². The number of carbonyl (C=O) groups excluding carboxylic acids is 3. The van der Waals surface area contributed by atoms with Crippen LogP contribution in [0.15, 0.2) is 42.9 Å². The van der Waals surface area contributed by atoms with E-state index in [1.165, 1.54) is 18.4 Å². The lowest BCUT2D eigenvalue weighted by Gasteiger charge is -2.40. The van der Waals surface area contributed by atoms with Crippen LogP contribution < -0.4 is 21.3 Å². The Labute approximate surface area is 251 Å². The van der Waals surface area contributed by atoms with Crippen molar-refractivity contribution in [2.45, 2.75) is 76.4 Å². The average molecular weight is 586 g/mol. The number of primary amides is 1. The summed E-state index contributed by atoms with van der Waals surface area (Å²) >= 11 is 0. The van der Waals surface area contributed by atoms with Crippen LogP contribution in [0, 0.1) is 0 Å². The lowest BCUT2D eigenvalue weighted by molar-refractivity contribution is -0.130. The Balaban J connectivity index is 1.14. The molecule has 2 aromatic heterocycles. The fourth-order valence-corrected chi connectivity index (χ4v) is 6.20. The molecule has 3 fully saturated rings. The molecule has 1 aliphatic carbocycles. The predicted molar refractivity (Wildman–Crippen MR) is 162 cm³/mol. The molecule has 4 N–H and O–H groups in total. The third-order valence-electron chi connectivity index (χ3n) is 8.96. The number of amides is 3. The monoisotopic (exact) mass is 585 g/mol. The summed E-state index contributed by atoms with van der Waals surface area (Å²) in [6.07, 6.45) is 10.9. The summed E-state index contributed by atoms with van der Waals surface area (Å²) in [5, 5.41) is 10.9. The van der Waals surface area contributed by atoms with E-state index in [4.69, 9.17) is 10.7 Å². The number of aromatic nitrogens is 4. The topological polar surface area (TPSA) is 151 Å². The van der Waals surface area contributed by atoms with Crippen LogP contribution in [0.4, 0.5) is 17.3 Å². The Morgan fingerprint density at radius 2 is 1.72 bits per heavy atom. The Hall–Kier alpha value is -4.48. The lowest BCUT2D eigenvalue weighted by Crippen LogP contribution is -2.54. The number of carbonyl (C=O) groups is 3. The van der Waals surface area contributed by atoms with Gasteiger partial charge in [0.15, 0.2) is 11.5 Å². The standard InChI is InChI=1S/C31H39N9O3/c1-19-26(36-31(43)23-9-7-22(8-10-23)21-5-6-21)4-3-13-39(19)27-17-33-28(29(32)42)30(37-27)35-24-16-34-40(18-24)25-11-14-38(15-12-25)20(2)41/h7-10,16-19,21,25-26H,3-6,11-15H2,1-2H3,(H2,32,42)(H,35,37)(H,36,43). The molecular weight excluding hydrogens is 546 g/mol. The van der Waals surface area contributed by atoms with Gasteiger partial charge in [0.05, 0.1) is 24.1 Å². The van der Waals surface area contributed by atoms with Crippen molar-refractivity contribution in [1.82, 2.24) is 30.0 Å². The van der Waals surface area contributed by atoms with E-state index < -0.39 is 5.91 Å². The average Bonchev–Trinajstić information content (AvgIpc) is 3.76. The molecule has 2 unspecified atom stereocenters. The van der Waals surface area contributed by atoms with Crippen LogP contribution in [0.5, 0.6) is 0 Å². The minimum absolute atomic E-state index is 0.0374. The van der Waals surface area contributed by atoms with E-state index in [2.05, 4.69) is 44.7 Å². The number of nitrogens with two attached hydrogens (primary N) is 1. The molecule has 43 heavy (non-hydrogen) atoms. The number of nitrogens with zero attached hydrogens (tertiary/aromatic N) is 6. The Morgan fingerprint density at radius 1 is 0.977 bits per heavy atom. The number of benzene rings is 1. The second-order valence-electron chi connectivity index (χ2n) is 11.9. The molecule has 2 saturated heterocycles. The molecule has 1 aromatic carbocycles. The van der Waals surface area contributed by atoms with Crippen molar-refractivity contribution < 1.29 is 14.4 Å². The minimum Gasteiger partial charge on any atom is -0.364 e. The summed E-state index contributed by atoms with van der Waals surface area (Å²) in [4.78, 5) is 50.1. The van der Waals surface area contributed by atoms with E-state index in [-0.39, 0.29) is 41.5 Å². The third-order valence-corrected chi connectivity index (χ3v) is 8.96. The molecule has 3 aromatic rings. The summed E-state index contributed by atoms with van der Waals surface area (Å²) in [7, 11) is 0. The summed E-state index contributed by atoms with van der Waals surface area (Å²) < 4.78 is 1.89. The summed E-state index contributed by atoms with van der Waals surface area (Å²) in [5.41, 5.74) is 8.31. The molecule has 3 amide bonds. The molecule has 3 aliphatic rings. The lowest BCUT2D eigenvalue weighted by atomic mass is 9.97. The second-order valence-corrected chi connectivity index (χ2v) is 11.9. The number of hydrogen-bond donors (Lipinski definition) is 3. The van der Waals surface area contributed by atoms with E-state index in [1.807, 2.05) is 27.9 Å². The van der Waals surface area contributed by atoms with Gasteiger partial charge in [-0.25, -0.2) is 9.97 Å². The van der Waals surface area contributed by atoms with E-state index >= 15 is 0 Å². The van der Waals surface area contributed by atoms with Crippen LogP contribution in [0.2, 0.25) is 0 Å². The highest BCUT2D eigenvalue weighted by Crippen LogP contribution is 2.40. The molecule has 2 atom stereocenters. The second kappa shape index (κ2) is 12.0. The predicted octanol–water partition coefficient (Wildman–Crippen LogP) is 3.36. The first-order valence-electron chi connectivity index (χ1n) is 15.2. The molecule has 226 valence electrons. The van der Waals surface area contributed by atoms with Crippen LogP contribution in [0.3, 0.4) is 0 Å². The van der Waals surface area contributed by atoms with Crippen LogP contribution >= 0.6 is 0 Å². The van der Waals surface area contributed by atoms with E-state index in [9.17, 15) is 14.4 Å². The quantitative estimate of drug-likeness (QED) is 0.364. The summed E-state index contributed by atoms with van der Waals surface area (Å²) in [6.45, 7) is 5.80. The first kappa shape index (κ1) is 28.6. The molecule has 2 aliphatic heterocycles. The third kappa shape index (κ3) is 6.32. The normalized spacial score (nSPS) is 21.0. The van der Waals surface area contributed by atoms with Crippen molar-refractivity contribution in [3.8, 4) is 0 Å². The van der Waals surface area contributed by atoms with Crippen molar-refractivity contribution in [3.63, 3.8) is 0 Å². The van der Waals surface area contributed by atoms with Gasteiger partial charge in [-0.1, -0.05) is 12.1 Å². The fraction of sp³-hybridized carbons (Fsp3) is 0.484. The van der Waals surface area contributed by atoms with Crippen LogP contribution in [0.25, 0.3) is 0 Å². The van der Waals surface area contributed by atoms with Gasteiger partial charge in [-0.05, 0) is 69.1 Å². The van der Waals surface area contributed by atoms with Crippen LogP contribution in [-0.4, -0.2) is 74.1 Å². The van der Waals surface area contributed by atoms with Crippen molar-refractivity contribution in [1.29, 1.82) is 0 Å². The highest BCUT2D eigenvalue weighted by molar-refractivity contribution is 5.96. The van der Waals surface area contributed by atoms with Gasteiger partial charge >= 0.3 is 0 Å². The number of hydrogen-bond acceptors (Lipinski definition) is 8. The Kier molecular flexibility index (Phi) is 8.00. The maximum absolute atomic E-state index is 13.1. The highest BCUT2D eigenvalue weighted by atomic mass is 16.2. The molecule has 0 radical (unpaired) electrons. The zero-order valence-corrected chi connectivity index (χ0v) is 24.7. The van der Waals surface area contributed by atoms with Crippen LogP contribution in [-0.2, 0) is 4.79 Å². The fourth-order valence-electron chi connectivity index (χ4n) is 6.20. The Morgan fingerprint density at radius 3 is 2.40 bits per heavy atom. The molecule has 0 bridgehead atoms. The smallest absolute Gasteiger partial charge is 0.271 e. The molecule has 12 nitrogen and oxygen atoms in total. The van der Waals surface area contributed by atoms with Crippen molar-refractivity contribution >= 4 is 35.0 Å². The molecular formula is C31H39N9O3. The van der Waals surface area contributed by atoms with Gasteiger partial charge < -0.3 is 26.2 Å². The molecule has 12 heteroatoms. The van der Waals surface area contributed by atoms with Crippen molar-refractivity contribution in [2.75, 3.05) is 29.9 Å². The van der Waals surface area contributed by atoms with E-state index in [0.717, 1.165) is 32.2 Å². The van der Waals surface area contributed by atoms with Gasteiger partial charge in [0.2, 0.25) is 5.91 Å². The highest BCUT2D eigenvalue weighted by Gasteiger charge is 2.31. The zero-order chi connectivity index (χ0) is 30.1. The van der Waals surface area contributed by atoms with Gasteiger partial charge in [0, 0.05) is 50.4 Å². The number of piperidine rings is 2. The molecule has 4 heterocycles. The van der Waals surface area contributed by atoms with Gasteiger partial charge in [0.1, 0.15) is 5.82 Å². The van der Waals surface area contributed by atoms with Gasteiger partial charge in [-0.2, -0.15) is 5.10 Å². The molecule has 0 spiro atoms. The minimum atomic E-state index is -0.685. The maximum atomic E-state index is 13.1. The van der Waals surface area contributed by atoms with E-state index in [1.54, 1.807) is 19.3 Å². The molecule has 6 rings (SSSR count). The first-order valence-corrected chi connectivity index (χ1v) is 15.2. The van der Waals surface area contributed by atoms with Crippen LogP contribution in [0.1, 0.15) is 90.7 Å². The maximum Gasteiger partial charge on any atom is 0.271 e.